The van der Waals surface area contributed by atoms with Gasteiger partial charge < -0.3 is 25.4 Å². The molecule has 0 bridgehead atoms. The predicted octanol–water partition coefficient (Wildman–Crippen LogP) is 0.779. The lowest BCUT2D eigenvalue weighted by molar-refractivity contribution is 0.0459. The molecule has 0 amide bonds. The van der Waals surface area contributed by atoms with E-state index >= 15 is 0 Å². The predicted molar refractivity (Wildman–Crippen MR) is 84.6 cm³/mol. The van der Waals surface area contributed by atoms with Crippen LogP contribution in [0.3, 0.4) is 0 Å². The highest BCUT2D eigenvalue weighted by molar-refractivity contribution is 5.47. The summed E-state index contributed by atoms with van der Waals surface area (Å²) >= 11 is 0. The van der Waals surface area contributed by atoms with Crippen LogP contribution in [0.15, 0.2) is 6.07 Å². The summed E-state index contributed by atoms with van der Waals surface area (Å²) in [6.45, 7) is 5.90. The Bertz CT molecular complexity index is 413. The minimum atomic E-state index is -0.839. The van der Waals surface area contributed by atoms with Gasteiger partial charge in [0, 0.05) is 32.8 Å². The summed E-state index contributed by atoms with van der Waals surface area (Å²) in [6.07, 6.45) is 0. The average molecular weight is 297 g/mol. The van der Waals surface area contributed by atoms with E-state index in [1.54, 1.807) is 14.0 Å². The van der Waals surface area contributed by atoms with Gasteiger partial charge in [-0.25, -0.2) is 9.97 Å². The summed E-state index contributed by atoms with van der Waals surface area (Å²) in [6, 6.07) is 1.83. The van der Waals surface area contributed by atoms with Crippen LogP contribution in [-0.2, 0) is 11.3 Å². The van der Waals surface area contributed by atoms with Crippen molar-refractivity contribution in [3.8, 4) is 0 Å². The molecule has 7 nitrogen and oxygen atoms in total. The molecule has 0 aromatic carbocycles. The highest BCUT2D eigenvalue weighted by Gasteiger charge is 2.21. The van der Waals surface area contributed by atoms with E-state index < -0.39 is 5.60 Å². The van der Waals surface area contributed by atoms with E-state index in [0.717, 1.165) is 12.4 Å². The lowest BCUT2D eigenvalue weighted by atomic mass is 10.1. The number of rotatable bonds is 9. The van der Waals surface area contributed by atoms with E-state index in [0.29, 0.717) is 31.3 Å². The molecule has 0 saturated heterocycles. The van der Waals surface area contributed by atoms with Crippen LogP contribution in [0, 0.1) is 0 Å². The third kappa shape index (κ3) is 6.70. The topological polar surface area (TPSA) is 82.5 Å². The Hall–Kier alpha value is -1.44. The van der Waals surface area contributed by atoms with E-state index in [1.807, 2.05) is 32.0 Å². The molecule has 1 heterocycles. The Kier molecular flexibility index (Phi) is 6.80. The first-order chi connectivity index (χ1) is 9.86. The zero-order valence-electron chi connectivity index (χ0n) is 13.6. The fourth-order valence-electron chi connectivity index (χ4n) is 2.07. The molecule has 0 spiro atoms. The van der Waals surface area contributed by atoms with Crippen molar-refractivity contribution in [1.82, 2.24) is 14.9 Å². The molecule has 0 aliphatic carbocycles. The van der Waals surface area contributed by atoms with Crippen molar-refractivity contribution in [1.29, 1.82) is 0 Å². The SMILES string of the molecule is CCNc1cc(NCC(C)(O)CN(C)C)nc(COC)n1. The zero-order valence-corrected chi connectivity index (χ0v) is 13.6. The van der Waals surface area contributed by atoms with Gasteiger partial charge in [-0.1, -0.05) is 0 Å². The average Bonchev–Trinajstić information content (AvgIpc) is 2.36. The lowest BCUT2D eigenvalue weighted by Gasteiger charge is -2.27. The second-order valence-electron chi connectivity index (χ2n) is 5.61. The summed E-state index contributed by atoms with van der Waals surface area (Å²) in [7, 11) is 5.47. The first-order valence-corrected chi connectivity index (χ1v) is 7.08. The van der Waals surface area contributed by atoms with Gasteiger partial charge >= 0.3 is 0 Å². The molecule has 1 rings (SSSR count). The maximum atomic E-state index is 10.3. The van der Waals surface area contributed by atoms with Gasteiger partial charge in [0.1, 0.15) is 18.2 Å². The van der Waals surface area contributed by atoms with Crippen molar-refractivity contribution in [3.63, 3.8) is 0 Å². The third-order valence-electron chi connectivity index (χ3n) is 2.71. The molecule has 1 atom stereocenters. The number of ether oxygens (including phenoxy) is 1. The number of likely N-dealkylation sites (N-methyl/N-ethyl adjacent to an activating group) is 1. The van der Waals surface area contributed by atoms with E-state index in [9.17, 15) is 5.11 Å². The Morgan fingerprint density at radius 2 is 1.90 bits per heavy atom. The van der Waals surface area contributed by atoms with Crippen LogP contribution < -0.4 is 10.6 Å². The molecule has 0 aliphatic heterocycles. The number of anilines is 2. The van der Waals surface area contributed by atoms with E-state index in [2.05, 4.69) is 20.6 Å². The van der Waals surface area contributed by atoms with Gasteiger partial charge in [0.2, 0.25) is 0 Å². The van der Waals surface area contributed by atoms with Gasteiger partial charge in [-0.3, -0.25) is 0 Å². The fraction of sp³-hybridized carbons (Fsp3) is 0.714. The monoisotopic (exact) mass is 297 g/mol. The quantitative estimate of drug-likeness (QED) is 0.621. The molecule has 1 unspecified atom stereocenters. The van der Waals surface area contributed by atoms with Crippen LogP contribution in [0.1, 0.15) is 19.7 Å². The Balaban J connectivity index is 2.76. The molecule has 0 saturated carbocycles. The van der Waals surface area contributed by atoms with Gasteiger partial charge in [0.05, 0.1) is 5.60 Å². The fourth-order valence-corrected chi connectivity index (χ4v) is 2.07. The maximum Gasteiger partial charge on any atom is 0.158 e. The van der Waals surface area contributed by atoms with Crippen molar-refractivity contribution < 1.29 is 9.84 Å². The maximum absolute atomic E-state index is 10.3. The molecule has 7 heteroatoms. The van der Waals surface area contributed by atoms with E-state index in [1.165, 1.54) is 0 Å². The van der Waals surface area contributed by atoms with Crippen molar-refractivity contribution in [2.24, 2.45) is 0 Å². The number of aliphatic hydroxyl groups is 1. The van der Waals surface area contributed by atoms with Crippen LogP contribution in [0.2, 0.25) is 0 Å². The summed E-state index contributed by atoms with van der Waals surface area (Å²) < 4.78 is 5.08. The number of nitrogens with one attached hydrogen (secondary N) is 2. The molecule has 21 heavy (non-hydrogen) atoms. The molecule has 0 radical (unpaired) electrons. The standard InChI is InChI=1S/C14H27N5O2/c1-6-15-11-7-12(18-13(17-11)8-21-5)16-9-14(2,20)10-19(3)4/h7,20H,6,8-10H2,1-5H3,(H2,15,16,17,18). The molecule has 1 aromatic heterocycles. The Labute approximate surface area is 126 Å². The van der Waals surface area contributed by atoms with Gasteiger partial charge in [-0.05, 0) is 27.9 Å². The van der Waals surface area contributed by atoms with Crippen LogP contribution in [0.5, 0.6) is 0 Å². The Morgan fingerprint density at radius 1 is 1.29 bits per heavy atom. The highest BCUT2D eigenvalue weighted by Crippen LogP contribution is 2.14. The summed E-state index contributed by atoms with van der Waals surface area (Å²) in [4.78, 5) is 10.7. The van der Waals surface area contributed by atoms with Crippen molar-refractivity contribution in [2.45, 2.75) is 26.1 Å². The summed E-state index contributed by atoms with van der Waals surface area (Å²) in [5.41, 5.74) is -0.839. The second-order valence-corrected chi connectivity index (χ2v) is 5.61. The number of hydrogen-bond donors (Lipinski definition) is 3. The van der Waals surface area contributed by atoms with Crippen LogP contribution in [0.4, 0.5) is 11.6 Å². The molecular formula is C14H27N5O2. The van der Waals surface area contributed by atoms with Crippen LogP contribution >= 0.6 is 0 Å². The molecule has 0 aliphatic rings. The lowest BCUT2D eigenvalue weighted by Crippen LogP contribution is -2.43. The van der Waals surface area contributed by atoms with Gasteiger partial charge in [-0.2, -0.15) is 0 Å². The van der Waals surface area contributed by atoms with Crippen LogP contribution in [0.25, 0.3) is 0 Å². The minimum Gasteiger partial charge on any atom is -0.387 e. The van der Waals surface area contributed by atoms with Crippen LogP contribution in [-0.4, -0.2) is 66.4 Å². The summed E-state index contributed by atoms with van der Waals surface area (Å²) in [5, 5.41) is 16.6. The largest absolute Gasteiger partial charge is 0.387 e. The van der Waals surface area contributed by atoms with Crippen molar-refractivity contribution >= 4 is 11.6 Å². The first kappa shape index (κ1) is 17.6. The minimum absolute atomic E-state index is 0.349. The zero-order chi connectivity index (χ0) is 15.9. The molecule has 3 N–H and O–H groups in total. The van der Waals surface area contributed by atoms with Crippen molar-refractivity contribution in [2.75, 3.05) is 51.5 Å². The van der Waals surface area contributed by atoms with E-state index in [4.69, 9.17) is 4.74 Å². The second kappa shape index (κ2) is 8.11. The van der Waals surface area contributed by atoms with Gasteiger partial charge in [0.15, 0.2) is 5.82 Å². The number of aromatic nitrogens is 2. The molecule has 1 aromatic rings. The number of hydrogen-bond acceptors (Lipinski definition) is 7. The molecule has 0 fully saturated rings. The van der Waals surface area contributed by atoms with Crippen molar-refractivity contribution in [3.05, 3.63) is 11.9 Å². The molecule has 120 valence electrons. The van der Waals surface area contributed by atoms with Gasteiger partial charge in [-0.15, -0.1) is 0 Å². The third-order valence-corrected chi connectivity index (χ3v) is 2.71. The Morgan fingerprint density at radius 3 is 2.43 bits per heavy atom. The first-order valence-electron chi connectivity index (χ1n) is 7.08. The molecular weight excluding hydrogens is 270 g/mol. The highest BCUT2D eigenvalue weighted by atomic mass is 16.5. The van der Waals surface area contributed by atoms with E-state index in [-0.39, 0.29) is 0 Å². The summed E-state index contributed by atoms with van der Waals surface area (Å²) in [5.74, 6) is 2.02. The normalized spacial score (nSPS) is 14.0. The smallest absolute Gasteiger partial charge is 0.158 e. The number of methoxy groups -OCH3 is 1. The van der Waals surface area contributed by atoms with Gasteiger partial charge in [0.25, 0.3) is 0 Å². The number of nitrogens with zero attached hydrogens (tertiary/aromatic N) is 3.